The van der Waals surface area contributed by atoms with Gasteiger partial charge in [-0.3, -0.25) is 14.7 Å². The molecule has 8 heteroatoms. The van der Waals surface area contributed by atoms with Crippen LogP contribution in [-0.2, 0) is 9.59 Å². The van der Waals surface area contributed by atoms with Gasteiger partial charge in [0.25, 0.3) is 0 Å². The fraction of sp³-hybridized carbons (Fsp3) is 0.261. The maximum Gasteiger partial charge on any atom is 0.228 e. The maximum absolute atomic E-state index is 12.9. The number of amides is 2. The lowest BCUT2D eigenvalue weighted by atomic mass is 9.82. The van der Waals surface area contributed by atoms with Crippen molar-refractivity contribution in [3.63, 3.8) is 0 Å². The van der Waals surface area contributed by atoms with Crippen LogP contribution in [0.25, 0.3) is 10.9 Å². The number of aromatic nitrogens is 2. The lowest BCUT2D eigenvalue weighted by molar-refractivity contribution is -0.121. The number of anilines is 1. The highest BCUT2D eigenvalue weighted by molar-refractivity contribution is 6.32. The highest BCUT2D eigenvalue weighted by Crippen LogP contribution is 2.38. The minimum atomic E-state index is -0.232. The number of aryl methyl sites for hydroxylation is 1. The first-order valence-corrected chi connectivity index (χ1v) is 10.3. The molecule has 0 spiro atoms. The van der Waals surface area contributed by atoms with E-state index in [1.807, 2.05) is 44.2 Å². The summed E-state index contributed by atoms with van der Waals surface area (Å²) in [5.74, 6) is 0.0676. The van der Waals surface area contributed by atoms with Crippen LogP contribution in [0.2, 0.25) is 5.02 Å². The van der Waals surface area contributed by atoms with E-state index >= 15 is 0 Å². The summed E-state index contributed by atoms with van der Waals surface area (Å²) >= 11 is 6.16. The number of ether oxygens (including phenoxy) is 1. The first-order valence-electron chi connectivity index (χ1n) is 9.93. The summed E-state index contributed by atoms with van der Waals surface area (Å²) in [7, 11) is 1.55. The number of halogens is 1. The summed E-state index contributed by atoms with van der Waals surface area (Å²) in [6, 6.07) is 11.0. The molecular formula is C23H23ClN4O3. The van der Waals surface area contributed by atoms with Crippen molar-refractivity contribution in [1.82, 2.24) is 15.5 Å². The van der Waals surface area contributed by atoms with E-state index < -0.39 is 0 Å². The number of carbonyl (C=O) groups is 2. The number of carbonyl (C=O) groups excluding carboxylic acids is 2. The monoisotopic (exact) mass is 438 g/mol. The van der Waals surface area contributed by atoms with Crippen LogP contribution in [0, 0.1) is 6.92 Å². The van der Waals surface area contributed by atoms with Gasteiger partial charge in [0.05, 0.1) is 24.1 Å². The smallest absolute Gasteiger partial charge is 0.228 e. The zero-order valence-corrected chi connectivity index (χ0v) is 18.3. The van der Waals surface area contributed by atoms with Gasteiger partial charge >= 0.3 is 0 Å². The van der Waals surface area contributed by atoms with Crippen molar-refractivity contribution in [3.8, 4) is 5.75 Å². The lowest BCUT2D eigenvalue weighted by Crippen LogP contribution is -2.32. The molecule has 2 aromatic carbocycles. The molecule has 1 aromatic heterocycles. The van der Waals surface area contributed by atoms with Crippen molar-refractivity contribution < 1.29 is 14.3 Å². The van der Waals surface area contributed by atoms with Crippen molar-refractivity contribution in [2.24, 2.45) is 0 Å². The Bertz CT molecular complexity index is 1210. The minimum Gasteiger partial charge on any atom is -0.495 e. The Morgan fingerprint density at radius 1 is 1.26 bits per heavy atom. The van der Waals surface area contributed by atoms with Crippen molar-refractivity contribution in [3.05, 3.63) is 63.9 Å². The van der Waals surface area contributed by atoms with E-state index in [1.54, 1.807) is 13.2 Å². The number of H-pyrrole nitrogens is 1. The van der Waals surface area contributed by atoms with Gasteiger partial charge in [-0.25, -0.2) is 0 Å². The summed E-state index contributed by atoms with van der Waals surface area (Å²) in [5, 5.41) is 14.4. The molecule has 0 saturated heterocycles. The molecule has 0 aliphatic carbocycles. The molecule has 1 aliphatic heterocycles. The van der Waals surface area contributed by atoms with Crippen LogP contribution in [0.3, 0.4) is 0 Å². The van der Waals surface area contributed by atoms with Crippen LogP contribution in [0.15, 0.2) is 47.7 Å². The molecule has 3 aromatic rings. The fourth-order valence-electron chi connectivity index (χ4n) is 3.97. The van der Waals surface area contributed by atoms with Gasteiger partial charge in [-0.15, -0.1) is 0 Å². The number of nitrogens with one attached hydrogen (secondary N) is 3. The molecule has 1 atom stereocenters. The first kappa shape index (κ1) is 20.9. The second-order valence-corrected chi connectivity index (χ2v) is 8.06. The number of hydrogen-bond acceptors (Lipinski definition) is 4. The topological polar surface area (TPSA) is 96.1 Å². The molecule has 2 heterocycles. The van der Waals surface area contributed by atoms with E-state index in [1.165, 1.54) is 0 Å². The Morgan fingerprint density at radius 2 is 2.06 bits per heavy atom. The molecule has 3 N–H and O–H groups in total. The highest BCUT2D eigenvalue weighted by Gasteiger charge is 2.29. The van der Waals surface area contributed by atoms with Gasteiger partial charge in [0.1, 0.15) is 5.75 Å². The molecule has 0 bridgehead atoms. The quantitative estimate of drug-likeness (QED) is 0.548. The molecule has 31 heavy (non-hydrogen) atoms. The second kappa shape index (κ2) is 8.43. The van der Waals surface area contributed by atoms with Gasteiger partial charge in [0.2, 0.25) is 11.8 Å². The van der Waals surface area contributed by atoms with E-state index in [2.05, 4.69) is 20.8 Å². The van der Waals surface area contributed by atoms with Crippen LogP contribution >= 0.6 is 11.6 Å². The SMILES string of the molecule is COc1cc(C2CC(=O)NC(C)=C2CC(=O)Nc2ccc3n[nH]c(C)c3c2)ccc1Cl. The van der Waals surface area contributed by atoms with E-state index in [4.69, 9.17) is 16.3 Å². The molecule has 2 amide bonds. The third-order valence-electron chi connectivity index (χ3n) is 5.58. The standard InChI is InChI=1S/C23H23ClN4O3/c1-12-16(10-23(30)26-15-5-7-20-17(9-15)13(2)27-28-20)18(11-22(29)25-12)14-4-6-19(24)21(8-14)31-3/h4-9,18H,10-11H2,1-3H3,(H,25,29)(H,26,30)(H,27,28). The molecular weight excluding hydrogens is 416 g/mol. The molecule has 7 nitrogen and oxygen atoms in total. The Labute approximate surface area is 184 Å². The predicted molar refractivity (Wildman–Crippen MR) is 120 cm³/mol. The number of aromatic amines is 1. The van der Waals surface area contributed by atoms with Crippen LogP contribution in [-0.4, -0.2) is 29.1 Å². The number of fused-ring (bicyclic) bond motifs is 1. The van der Waals surface area contributed by atoms with Crippen LogP contribution in [0.1, 0.15) is 36.9 Å². The van der Waals surface area contributed by atoms with Crippen molar-refractivity contribution >= 4 is 40.0 Å². The summed E-state index contributed by atoms with van der Waals surface area (Å²) in [6.07, 6.45) is 0.412. The second-order valence-electron chi connectivity index (χ2n) is 7.65. The average molecular weight is 439 g/mol. The zero-order chi connectivity index (χ0) is 22.1. The largest absolute Gasteiger partial charge is 0.495 e. The fourth-order valence-corrected chi connectivity index (χ4v) is 4.17. The summed E-state index contributed by atoms with van der Waals surface area (Å²) in [5.41, 5.74) is 4.93. The molecule has 1 aliphatic rings. The predicted octanol–water partition coefficient (Wildman–Crippen LogP) is 4.44. The third-order valence-corrected chi connectivity index (χ3v) is 5.89. The summed E-state index contributed by atoms with van der Waals surface area (Å²) < 4.78 is 5.33. The number of rotatable bonds is 5. The number of benzene rings is 2. The lowest BCUT2D eigenvalue weighted by Gasteiger charge is -2.28. The number of nitrogens with zero attached hydrogens (tertiary/aromatic N) is 1. The number of allylic oxidation sites excluding steroid dienone is 1. The van der Waals surface area contributed by atoms with Gasteiger partial charge in [0, 0.05) is 34.8 Å². The summed E-state index contributed by atoms with van der Waals surface area (Å²) in [4.78, 5) is 25.1. The number of hydrogen-bond donors (Lipinski definition) is 3. The van der Waals surface area contributed by atoms with Crippen molar-refractivity contribution in [2.45, 2.75) is 32.6 Å². The normalized spacial score (nSPS) is 16.4. The van der Waals surface area contributed by atoms with E-state index in [9.17, 15) is 9.59 Å². The Morgan fingerprint density at radius 3 is 2.84 bits per heavy atom. The Hall–Kier alpha value is -3.32. The van der Waals surface area contributed by atoms with Crippen LogP contribution < -0.4 is 15.4 Å². The van der Waals surface area contributed by atoms with Crippen LogP contribution in [0.4, 0.5) is 5.69 Å². The molecule has 0 radical (unpaired) electrons. The molecule has 1 unspecified atom stereocenters. The van der Waals surface area contributed by atoms with Crippen molar-refractivity contribution in [2.75, 3.05) is 12.4 Å². The average Bonchev–Trinajstić information content (AvgIpc) is 3.10. The van der Waals surface area contributed by atoms with Gasteiger partial charge in [0.15, 0.2) is 0 Å². The molecule has 0 saturated carbocycles. The van der Waals surface area contributed by atoms with Gasteiger partial charge in [-0.1, -0.05) is 17.7 Å². The first-order chi connectivity index (χ1) is 14.9. The molecule has 4 rings (SSSR count). The van der Waals surface area contributed by atoms with E-state index in [-0.39, 0.29) is 30.6 Å². The maximum atomic E-state index is 12.9. The third kappa shape index (κ3) is 4.27. The van der Waals surface area contributed by atoms with Gasteiger partial charge < -0.3 is 15.4 Å². The number of methoxy groups -OCH3 is 1. The van der Waals surface area contributed by atoms with E-state index in [0.717, 1.165) is 27.7 Å². The minimum absolute atomic E-state index is 0.0820. The molecule has 160 valence electrons. The highest BCUT2D eigenvalue weighted by atomic mass is 35.5. The van der Waals surface area contributed by atoms with Crippen LogP contribution in [0.5, 0.6) is 5.75 Å². The van der Waals surface area contributed by atoms with Crippen molar-refractivity contribution in [1.29, 1.82) is 0 Å². The molecule has 0 fully saturated rings. The van der Waals surface area contributed by atoms with Gasteiger partial charge in [-0.05, 0) is 55.3 Å². The van der Waals surface area contributed by atoms with E-state index in [0.29, 0.717) is 22.2 Å². The zero-order valence-electron chi connectivity index (χ0n) is 17.5. The Balaban J connectivity index is 1.59. The summed E-state index contributed by atoms with van der Waals surface area (Å²) in [6.45, 7) is 3.76. The Kier molecular flexibility index (Phi) is 5.69. The van der Waals surface area contributed by atoms with Gasteiger partial charge in [-0.2, -0.15) is 5.10 Å².